The highest BCUT2D eigenvalue weighted by atomic mass is 32.2. The van der Waals surface area contributed by atoms with Gasteiger partial charge in [-0.25, -0.2) is 0 Å². The third-order valence-electron chi connectivity index (χ3n) is 1.69. The highest BCUT2D eigenvalue weighted by Gasteiger charge is 2.26. The molecular formula is C6H9NS. The van der Waals surface area contributed by atoms with E-state index in [0.717, 1.165) is 5.37 Å². The van der Waals surface area contributed by atoms with E-state index in [2.05, 4.69) is 28.9 Å². The first-order valence-corrected chi connectivity index (χ1v) is 4.06. The van der Waals surface area contributed by atoms with Crippen LogP contribution in [0.2, 0.25) is 0 Å². The van der Waals surface area contributed by atoms with E-state index in [-0.39, 0.29) is 0 Å². The first-order valence-electron chi connectivity index (χ1n) is 3.01. The van der Waals surface area contributed by atoms with Gasteiger partial charge in [0.05, 0.1) is 5.37 Å². The third kappa shape index (κ3) is 0.558. The molecule has 0 saturated carbocycles. The van der Waals surface area contributed by atoms with Crippen molar-refractivity contribution >= 4 is 11.8 Å². The van der Waals surface area contributed by atoms with Gasteiger partial charge in [-0.3, -0.25) is 0 Å². The number of fused-ring (bicyclic) bond motifs is 1. The van der Waals surface area contributed by atoms with E-state index in [1.54, 1.807) is 0 Å². The number of hydrogen-bond donors (Lipinski definition) is 0. The first-order chi connectivity index (χ1) is 3.97. The fourth-order valence-corrected chi connectivity index (χ4v) is 2.14. The average molecular weight is 127 g/mol. The molecule has 44 valence electrons. The molecule has 1 fully saturated rings. The van der Waals surface area contributed by atoms with Crippen molar-refractivity contribution in [1.82, 2.24) is 4.90 Å². The Morgan fingerprint density at radius 2 is 2.62 bits per heavy atom. The summed E-state index contributed by atoms with van der Waals surface area (Å²) >= 11 is 2.05. The van der Waals surface area contributed by atoms with Gasteiger partial charge in [-0.2, -0.15) is 0 Å². The lowest BCUT2D eigenvalue weighted by Crippen LogP contribution is -2.42. The van der Waals surface area contributed by atoms with E-state index in [1.807, 2.05) is 0 Å². The molecule has 2 rings (SSSR count). The predicted octanol–water partition coefficient (Wildman–Crippen LogP) is 1.28. The molecule has 2 aliphatic heterocycles. The van der Waals surface area contributed by atoms with Gasteiger partial charge in [-0.1, -0.05) is 6.08 Å². The second-order valence-electron chi connectivity index (χ2n) is 2.20. The predicted molar refractivity (Wildman–Crippen MR) is 36.7 cm³/mol. The fourth-order valence-electron chi connectivity index (χ4n) is 1.08. The summed E-state index contributed by atoms with van der Waals surface area (Å²) in [7, 11) is 0. The quantitative estimate of drug-likeness (QED) is 0.482. The molecule has 0 aliphatic carbocycles. The largest absolute Gasteiger partial charge is 0.366 e. The SMILES string of the molecule is C1=CN2CCC2SC1. The van der Waals surface area contributed by atoms with Gasteiger partial charge in [-0.15, -0.1) is 11.8 Å². The topological polar surface area (TPSA) is 3.24 Å². The minimum atomic E-state index is 0.847. The summed E-state index contributed by atoms with van der Waals surface area (Å²) in [4.78, 5) is 2.40. The summed E-state index contributed by atoms with van der Waals surface area (Å²) in [5.74, 6) is 1.22. The van der Waals surface area contributed by atoms with Crippen molar-refractivity contribution in [3.8, 4) is 0 Å². The molecule has 8 heavy (non-hydrogen) atoms. The Morgan fingerprint density at radius 3 is 3.00 bits per heavy atom. The molecule has 2 heteroatoms. The van der Waals surface area contributed by atoms with Crippen LogP contribution in [0.4, 0.5) is 0 Å². The second-order valence-corrected chi connectivity index (χ2v) is 3.41. The second kappa shape index (κ2) is 1.69. The third-order valence-corrected chi connectivity index (χ3v) is 2.96. The highest BCUT2D eigenvalue weighted by Crippen LogP contribution is 2.31. The number of nitrogens with zero attached hydrogens (tertiary/aromatic N) is 1. The van der Waals surface area contributed by atoms with Crippen molar-refractivity contribution in [3.05, 3.63) is 12.3 Å². The molecule has 0 aromatic carbocycles. The van der Waals surface area contributed by atoms with E-state index < -0.39 is 0 Å². The van der Waals surface area contributed by atoms with Crippen LogP contribution < -0.4 is 0 Å². The molecule has 0 radical (unpaired) electrons. The molecule has 1 nitrogen and oxygen atoms in total. The molecule has 1 saturated heterocycles. The zero-order chi connectivity index (χ0) is 5.40. The Balaban J connectivity index is 2.08. The summed E-state index contributed by atoms with van der Waals surface area (Å²) in [5, 5.41) is 0.847. The van der Waals surface area contributed by atoms with E-state index in [0.29, 0.717) is 0 Å². The zero-order valence-electron chi connectivity index (χ0n) is 4.71. The Bertz CT molecular complexity index is 122. The molecule has 0 N–H and O–H groups in total. The number of hydrogen-bond acceptors (Lipinski definition) is 2. The summed E-state index contributed by atoms with van der Waals surface area (Å²) < 4.78 is 0. The molecule has 0 aromatic rings. The Hall–Kier alpha value is -0.110. The van der Waals surface area contributed by atoms with Crippen molar-refractivity contribution in [1.29, 1.82) is 0 Å². The lowest BCUT2D eigenvalue weighted by Gasteiger charge is -2.41. The van der Waals surface area contributed by atoms with Gasteiger partial charge < -0.3 is 4.90 Å². The van der Waals surface area contributed by atoms with Crippen LogP contribution in [0.5, 0.6) is 0 Å². The van der Waals surface area contributed by atoms with E-state index >= 15 is 0 Å². The van der Waals surface area contributed by atoms with Gasteiger partial charge in [0.2, 0.25) is 0 Å². The smallest absolute Gasteiger partial charge is 0.0765 e. The lowest BCUT2D eigenvalue weighted by molar-refractivity contribution is 0.230. The van der Waals surface area contributed by atoms with Crippen molar-refractivity contribution in [2.75, 3.05) is 12.3 Å². The standard InChI is InChI=1S/C6H9NS/c1-3-7-4-2-6(7)8-5-1/h1,3,6H,2,4-5H2. The molecule has 2 aliphatic rings. The Labute approximate surface area is 53.7 Å². The molecule has 1 unspecified atom stereocenters. The zero-order valence-corrected chi connectivity index (χ0v) is 5.53. The summed E-state index contributed by atoms with van der Waals surface area (Å²) in [6.07, 6.45) is 5.86. The molecular weight excluding hydrogens is 118 g/mol. The fraction of sp³-hybridized carbons (Fsp3) is 0.667. The first kappa shape index (κ1) is 4.74. The van der Waals surface area contributed by atoms with Crippen molar-refractivity contribution < 1.29 is 0 Å². The Kier molecular flexibility index (Phi) is 1.00. The number of rotatable bonds is 0. The normalized spacial score (nSPS) is 34.0. The van der Waals surface area contributed by atoms with E-state index in [1.165, 1.54) is 18.7 Å². The highest BCUT2D eigenvalue weighted by molar-refractivity contribution is 8.00. The van der Waals surface area contributed by atoms with Crippen molar-refractivity contribution in [2.45, 2.75) is 11.8 Å². The van der Waals surface area contributed by atoms with Gasteiger partial charge >= 0.3 is 0 Å². The van der Waals surface area contributed by atoms with Crippen LogP contribution in [0, 0.1) is 0 Å². The van der Waals surface area contributed by atoms with E-state index in [9.17, 15) is 0 Å². The molecule has 0 bridgehead atoms. The average Bonchev–Trinajstić information content (AvgIpc) is 1.72. The maximum Gasteiger partial charge on any atom is 0.0765 e. The minimum absolute atomic E-state index is 0.847. The van der Waals surface area contributed by atoms with Crippen LogP contribution in [-0.2, 0) is 0 Å². The van der Waals surface area contributed by atoms with Crippen LogP contribution in [0.25, 0.3) is 0 Å². The molecule has 0 amide bonds. The molecule has 1 atom stereocenters. The monoisotopic (exact) mass is 127 g/mol. The van der Waals surface area contributed by atoms with Gasteiger partial charge in [0.1, 0.15) is 0 Å². The van der Waals surface area contributed by atoms with E-state index in [4.69, 9.17) is 0 Å². The maximum atomic E-state index is 2.40. The molecule has 0 spiro atoms. The molecule has 0 aromatic heterocycles. The van der Waals surface area contributed by atoms with Crippen LogP contribution in [0.1, 0.15) is 6.42 Å². The summed E-state index contributed by atoms with van der Waals surface area (Å²) in [6, 6.07) is 0. The summed E-state index contributed by atoms with van der Waals surface area (Å²) in [5.41, 5.74) is 0. The van der Waals surface area contributed by atoms with Gasteiger partial charge in [0, 0.05) is 12.3 Å². The van der Waals surface area contributed by atoms with Crippen molar-refractivity contribution in [2.24, 2.45) is 0 Å². The van der Waals surface area contributed by atoms with Gasteiger partial charge in [-0.05, 0) is 12.6 Å². The van der Waals surface area contributed by atoms with Gasteiger partial charge in [0.25, 0.3) is 0 Å². The van der Waals surface area contributed by atoms with Crippen LogP contribution in [-0.4, -0.2) is 22.6 Å². The summed E-state index contributed by atoms with van der Waals surface area (Å²) in [6.45, 7) is 1.29. The minimum Gasteiger partial charge on any atom is -0.366 e. The maximum absolute atomic E-state index is 2.40. The van der Waals surface area contributed by atoms with Crippen LogP contribution in [0.15, 0.2) is 12.3 Å². The lowest BCUT2D eigenvalue weighted by atomic mass is 10.2. The van der Waals surface area contributed by atoms with Crippen LogP contribution >= 0.6 is 11.8 Å². The Morgan fingerprint density at radius 1 is 1.62 bits per heavy atom. The molecule has 2 heterocycles. The van der Waals surface area contributed by atoms with Gasteiger partial charge in [0.15, 0.2) is 0 Å². The van der Waals surface area contributed by atoms with Crippen LogP contribution in [0.3, 0.4) is 0 Å². The number of thioether (sulfide) groups is 1. The van der Waals surface area contributed by atoms with Crippen molar-refractivity contribution in [3.63, 3.8) is 0 Å².